The van der Waals surface area contributed by atoms with E-state index in [1.807, 2.05) is 65.3 Å². The molecule has 2 aromatic heterocycles. The van der Waals surface area contributed by atoms with Gasteiger partial charge in [0.1, 0.15) is 0 Å². The number of anilines is 1. The number of hydrogen-bond donors (Lipinski definition) is 1. The van der Waals surface area contributed by atoms with E-state index in [0.717, 1.165) is 28.1 Å². The van der Waals surface area contributed by atoms with Crippen LogP contribution in [0.3, 0.4) is 0 Å². The molecule has 0 bridgehead atoms. The lowest BCUT2D eigenvalue weighted by atomic mass is 10.0. The van der Waals surface area contributed by atoms with Gasteiger partial charge in [-0.05, 0) is 61.9 Å². The van der Waals surface area contributed by atoms with Gasteiger partial charge in [-0.3, -0.25) is 0 Å². The average molecular weight is 455 g/mol. The molecule has 6 heteroatoms. The molecule has 0 saturated heterocycles. The highest BCUT2D eigenvalue weighted by atomic mass is 35.5. The van der Waals surface area contributed by atoms with Crippen molar-refractivity contribution >= 4 is 17.4 Å². The lowest BCUT2D eigenvalue weighted by Crippen LogP contribution is -2.00. The normalized spacial score (nSPS) is 11.0. The van der Waals surface area contributed by atoms with Gasteiger partial charge in [-0.1, -0.05) is 52.7 Å². The SMILES string of the molecule is Cc1ccc(C)c(-c2nn(-c3ccccc3)cc2CNc2cc(-c3ccc(Cl)cc3)on2)c1. The summed E-state index contributed by atoms with van der Waals surface area (Å²) in [4.78, 5) is 0. The van der Waals surface area contributed by atoms with Crippen LogP contribution in [0.15, 0.2) is 89.6 Å². The minimum absolute atomic E-state index is 0.558. The van der Waals surface area contributed by atoms with E-state index in [1.54, 1.807) is 0 Å². The molecular formula is C27H23ClN4O. The van der Waals surface area contributed by atoms with Gasteiger partial charge in [0, 0.05) is 40.5 Å². The predicted molar refractivity (Wildman–Crippen MR) is 133 cm³/mol. The van der Waals surface area contributed by atoms with Crippen LogP contribution in [-0.2, 0) is 6.54 Å². The van der Waals surface area contributed by atoms with Gasteiger partial charge in [0.2, 0.25) is 0 Å². The standard InChI is InChI=1S/C27H23ClN4O/c1-18-8-9-19(2)24(14-18)27-21(17-32(30-27)23-6-4-3-5-7-23)16-29-26-15-25(33-31-26)20-10-12-22(28)13-11-20/h3-15,17H,16H2,1-2H3,(H,29,31). The quantitative estimate of drug-likeness (QED) is 0.298. The molecule has 2 heterocycles. The van der Waals surface area contributed by atoms with Crippen molar-refractivity contribution < 1.29 is 4.52 Å². The summed E-state index contributed by atoms with van der Waals surface area (Å²) in [6.45, 7) is 4.77. The summed E-state index contributed by atoms with van der Waals surface area (Å²) in [6, 6.07) is 26.0. The van der Waals surface area contributed by atoms with E-state index in [0.29, 0.717) is 23.1 Å². The molecule has 0 aliphatic heterocycles. The molecule has 0 unspecified atom stereocenters. The van der Waals surface area contributed by atoms with Gasteiger partial charge in [0.15, 0.2) is 11.6 Å². The third-order valence-corrected chi connectivity index (χ3v) is 5.81. The number of para-hydroxylation sites is 1. The topological polar surface area (TPSA) is 55.9 Å². The fourth-order valence-corrected chi connectivity index (χ4v) is 3.89. The highest BCUT2D eigenvalue weighted by Crippen LogP contribution is 2.29. The Morgan fingerprint density at radius 2 is 1.73 bits per heavy atom. The van der Waals surface area contributed by atoms with Crippen LogP contribution in [0.5, 0.6) is 0 Å². The van der Waals surface area contributed by atoms with Crippen molar-refractivity contribution in [2.24, 2.45) is 0 Å². The summed E-state index contributed by atoms with van der Waals surface area (Å²) in [5, 5.41) is 13.2. The van der Waals surface area contributed by atoms with E-state index >= 15 is 0 Å². The van der Waals surface area contributed by atoms with Crippen molar-refractivity contribution in [3.63, 3.8) is 0 Å². The molecule has 0 aliphatic rings. The first-order valence-corrected chi connectivity index (χ1v) is 11.1. The van der Waals surface area contributed by atoms with Crippen LogP contribution in [0.25, 0.3) is 28.3 Å². The summed E-state index contributed by atoms with van der Waals surface area (Å²) >= 11 is 5.99. The molecule has 3 aromatic carbocycles. The largest absolute Gasteiger partial charge is 0.363 e. The number of benzene rings is 3. The van der Waals surface area contributed by atoms with Crippen LogP contribution in [0.2, 0.25) is 5.02 Å². The van der Waals surface area contributed by atoms with Gasteiger partial charge < -0.3 is 9.84 Å². The number of nitrogens with zero attached hydrogens (tertiary/aromatic N) is 3. The molecule has 0 radical (unpaired) electrons. The zero-order valence-corrected chi connectivity index (χ0v) is 19.2. The number of hydrogen-bond acceptors (Lipinski definition) is 4. The molecule has 5 nitrogen and oxygen atoms in total. The number of rotatable bonds is 6. The van der Waals surface area contributed by atoms with Crippen LogP contribution < -0.4 is 5.32 Å². The molecule has 164 valence electrons. The molecule has 1 N–H and O–H groups in total. The molecule has 5 aromatic rings. The number of nitrogens with one attached hydrogen (secondary N) is 1. The fourth-order valence-electron chi connectivity index (χ4n) is 3.76. The second-order valence-corrected chi connectivity index (χ2v) is 8.47. The van der Waals surface area contributed by atoms with E-state index in [2.05, 4.69) is 48.7 Å². The molecule has 0 saturated carbocycles. The van der Waals surface area contributed by atoms with E-state index < -0.39 is 0 Å². The Hall–Kier alpha value is -3.83. The zero-order chi connectivity index (χ0) is 22.8. The minimum Gasteiger partial charge on any atom is -0.363 e. The second kappa shape index (κ2) is 8.96. The first-order chi connectivity index (χ1) is 16.1. The van der Waals surface area contributed by atoms with Crippen molar-refractivity contribution in [3.05, 3.63) is 107 Å². The Balaban J connectivity index is 1.45. The monoisotopic (exact) mass is 454 g/mol. The number of halogens is 1. The van der Waals surface area contributed by atoms with Crippen LogP contribution >= 0.6 is 11.6 Å². The highest BCUT2D eigenvalue weighted by Gasteiger charge is 2.15. The van der Waals surface area contributed by atoms with Crippen molar-refractivity contribution in [2.45, 2.75) is 20.4 Å². The zero-order valence-electron chi connectivity index (χ0n) is 18.4. The fraction of sp³-hybridized carbons (Fsp3) is 0.111. The second-order valence-electron chi connectivity index (χ2n) is 8.04. The molecule has 0 aliphatic carbocycles. The molecule has 5 rings (SSSR count). The average Bonchev–Trinajstić information content (AvgIpc) is 3.48. The third-order valence-electron chi connectivity index (χ3n) is 5.56. The lowest BCUT2D eigenvalue weighted by Gasteiger charge is -2.07. The summed E-state index contributed by atoms with van der Waals surface area (Å²) in [6.07, 6.45) is 2.07. The summed E-state index contributed by atoms with van der Waals surface area (Å²) in [7, 11) is 0. The first kappa shape index (κ1) is 21.0. The molecule has 0 fully saturated rings. The first-order valence-electron chi connectivity index (χ1n) is 10.7. The molecular weight excluding hydrogens is 432 g/mol. The molecule has 0 spiro atoms. The Kier molecular flexibility index (Phi) is 5.71. The molecule has 0 atom stereocenters. The Morgan fingerprint density at radius 1 is 0.939 bits per heavy atom. The maximum absolute atomic E-state index is 5.99. The minimum atomic E-state index is 0.558. The number of aryl methyl sites for hydroxylation is 2. The van der Waals surface area contributed by atoms with Gasteiger partial charge in [-0.2, -0.15) is 5.10 Å². The molecule has 33 heavy (non-hydrogen) atoms. The van der Waals surface area contributed by atoms with E-state index in [9.17, 15) is 0 Å². The van der Waals surface area contributed by atoms with Crippen LogP contribution in [0.4, 0.5) is 5.82 Å². The van der Waals surface area contributed by atoms with Gasteiger partial charge >= 0.3 is 0 Å². The van der Waals surface area contributed by atoms with E-state index in [-0.39, 0.29) is 0 Å². The summed E-state index contributed by atoms with van der Waals surface area (Å²) in [5.74, 6) is 1.35. The van der Waals surface area contributed by atoms with Crippen LogP contribution in [0.1, 0.15) is 16.7 Å². The van der Waals surface area contributed by atoms with Crippen LogP contribution in [-0.4, -0.2) is 14.9 Å². The maximum Gasteiger partial charge on any atom is 0.170 e. The Labute approximate surface area is 197 Å². The molecule has 0 amide bonds. The van der Waals surface area contributed by atoms with Crippen molar-refractivity contribution in [1.29, 1.82) is 0 Å². The van der Waals surface area contributed by atoms with E-state index in [1.165, 1.54) is 11.1 Å². The summed E-state index contributed by atoms with van der Waals surface area (Å²) < 4.78 is 7.45. The Morgan fingerprint density at radius 3 is 2.52 bits per heavy atom. The van der Waals surface area contributed by atoms with Crippen molar-refractivity contribution in [3.8, 4) is 28.3 Å². The maximum atomic E-state index is 5.99. The predicted octanol–water partition coefficient (Wildman–Crippen LogP) is 7.08. The van der Waals surface area contributed by atoms with Crippen molar-refractivity contribution in [2.75, 3.05) is 5.32 Å². The van der Waals surface area contributed by atoms with Gasteiger partial charge in [-0.15, -0.1) is 0 Å². The smallest absolute Gasteiger partial charge is 0.170 e. The van der Waals surface area contributed by atoms with Gasteiger partial charge in [0.05, 0.1) is 11.4 Å². The van der Waals surface area contributed by atoms with Crippen molar-refractivity contribution in [1.82, 2.24) is 14.9 Å². The van der Waals surface area contributed by atoms with Gasteiger partial charge in [-0.25, -0.2) is 4.68 Å². The Bertz CT molecular complexity index is 1390. The van der Waals surface area contributed by atoms with Crippen LogP contribution in [0, 0.1) is 13.8 Å². The lowest BCUT2D eigenvalue weighted by molar-refractivity contribution is 0.435. The highest BCUT2D eigenvalue weighted by molar-refractivity contribution is 6.30. The van der Waals surface area contributed by atoms with E-state index in [4.69, 9.17) is 21.2 Å². The summed E-state index contributed by atoms with van der Waals surface area (Å²) in [5.41, 5.74) is 7.48. The van der Waals surface area contributed by atoms with Gasteiger partial charge in [0.25, 0.3) is 0 Å². The third kappa shape index (κ3) is 4.54. The number of aromatic nitrogens is 3.